The van der Waals surface area contributed by atoms with Crippen molar-refractivity contribution in [3.8, 4) is 0 Å². The predicted octanol–water partition coefficient (Wildman–Crippen LogP) is 1.37. The molecule has 0 bridgehead atoms. The number of carboxylic acid groups (broad SMARTS) is 2. The van der Waals surface area contributed by atoms with E-state index < -0.39 is 22.6 Å². The molecule has 0 aromatic heterocycles. The van der Waals surface area contributed by atoms with Crippen molar-refractivity contribution in [3.05, 3.63) is 45.6 Å². The van der Waals surface area contributed by atoms with Gasteiger partial charge in [0, 0.05) is 17.8 Å². The number of benzene rings is 1. The molecule has 1 rings (SSSR count). The second kappa shape index (κ2) is 5.63. The highest BCUT2D eigenvalue weighted by Gasteiger charge is 2.13. The molecule has 1 aromatic rings. The van der Waals surface area contributed by atoms with Crippen LogP contribution in [0.15, 0.2) is 30.0 Å². The zero-order valence-corrected chi connectivity index (χ0v) is 9.78. The lowest BCUT2D eigenvalue weighted by Gasteiger charge is -2.09. The Kier molecular flexibility index (Phi) is 4.19. The van der Waals surface area contributed by atoms with E-state index in [0.29, 0.717) is 11.6 Å². The Morgan fingerprint density at radius 1 is 1.37 bits per heavy atom. The van der Waals surface area contributed by atoms with Crippen LogP contribution >= 0.6 is 0 Å². The van der Waals surface area contributed by atoms with Crippen molar-refractivity contribution in [2.24, 2.45) is 0 Å². The zero-order chi connectivity index (χ0) is 14.6. The molecule has 8 heteroatoms. The Hall–Kier alpha value is -2.90. The van der Waals surface area contributed by atoms with Crippen LogP contribution in [0, 0.1) is 17.0 Å². The Bertz CT molecular complexity index is 579. The fourth-order valence-electron chi connectivity index (χ4n) is 1.32. The molecule has 0 aliphatic rings. The lowest BCUT2D eigenvalue weighted by molar-refractivity contribution is -0.384. The van der Waals surface area contributed by atoms with Crippen molar-refractivity contribution in [3.63, 3.8) is 0 Å². The van der Waals surface area contributed by atoms with Gasteiger partial charge in [-0.05, 0) is 18.6 Å². The first-order valence-electron chi connectivity index (χ1n) is 5.01. The highest BCUT2D eigenvalue weighted by Crippen LogP contribution is 2.22. The van der Waals surface area contributed by atoms with Crippen LogP contribution in [0.2, 0.25) is 0 Å². The molecule has 0 aliphatic heterocycles. The predicted molar refractivity (Wildman–Crippen MR) is 64.8 cm³/mol. The fourth-order valence-corrected chi connectivity index (χ4v) is 1.32. The number of anilines is 1. The summed E-state index contributed by atoms with van der Waals surface area (Å²) in [6.45, 7) is 1.54. The van der Waals surface area contributed by atoms with E-state index in [1.165, 1.54) is 25.1 Å². The second-order valence-electron chi connectivity index (χ2n) is 3.58. The summed E-state index contributed by atoms with van der Waals surface area (Å²) < 4.78 is 0. The van der Waals surface area contributed by atoms with Crippen LogP contribution in [0.25, 0.3) is 0 Å². The molecule has 0 fully saturated rings. The van der Waals surface area contributed by atoms with Crippen LogP contribution in [0.5, 0.6) is 0 Å². The average molecular weight is 266 g/mol. The molecule has 0 aliphatic carbocycles. The van der Waals surface area contributed by atoms with Gasteiger partial charge in [-0.15, -0.1) is 0 Å². The van der Waals surface area contributed by atoms with Gasteiger partial charge in [0.1, 0.15) is 5.70 Å². The lowest BCUT2D eigenvalue weighted by Crippen LogP contribution is -2.13. The van der Waals surface area contributed by atoms with Crippen LogP contribution in [-0.2, 0) is 9.59 Å². The minimum atomic E-state index is -1.44. The Balaban J connectivity index is 3.08. The van der Waals surface area contributed by atoms with Gasteiger partial charge in [0.25, 0.3) is 5.69 Å². The van der Waals surface area contributed by atoms with E-state index in [-0.39, 0.29) is 11.4 Å². The number of hydrogen-bond donors (Lipinski definition) is 3. The molecule has 0 radical (unpaired) electrons. The van der Waals surface area contributed by atoms with Crippen molar-refractivity contribution < 1.29 is 24.7 Å². The van der Waals surface area contributed by atoms with Crippen molar-refractivity contribution in [1.29, 1.82) is 0 Å². The SMILES string of the molecule is Cc1cc([N+](=O)[O-])ccc1N/C(=C\C(=O)O)C(=O)O. The Morgan fingerprint density at radius 2 is 2.00 bits per heavy atom. The third-order valence-electron chi connectivity index (χ3n) is 2.19. The molecule has 0 unspecified atom stereocenters. The molecule has 0 saturated heterocycles. The van der Waals surface area contributed by atoms with Crippen molar-refractivity contribution >= 4 is 23.3 Å². The maximum Gasteiger partial charge on any atom is 0.352 e. The molecule has 0 atom stereocenters. The van der Waals surface area contributed by atoms with Gasteiger partial charge in [0.15, 0.2) is 0 Å². The van der Waals surface area contributed by atoms with E-state index in [0.717, 1.165) is 0 Å². The van der Waals surface area contributed by atoms with E-state index in [2.05, 4.69) is 5.32 Å². The van der Waals surface area contributed by atoms with Crippen LogP contribution < -0.4 is 5.32 Å². The van der Waals surface area contributed by atoms with E-state index in [1.807, 2.05) is 0 Å². The van der Waals surface area contributed by atoms with Gasteiger partial charge in [-0.1, -0.05) is 0 Å². The fraction of sp³-hybridized carbons (Fsp3) is 0.0909. The van der Waals surface area contributed by atoms with Gasteiger partial charge in [0.2, 0.25) is 0 Å². The monoisotopic (exact) mass is 266 g/mol. The number of nitrogens with zero attached hydrogens (tertiary/aromatic N) is 1. The number of rotatable bonds is 5. The maximum absolute atomic E-state index is 10.8. The van der Waals surface area contributed by atoms with Crippen molar-refractivity contribution in [2.45, 2.75) is 6.92 Å². The molecule has 19 heavy (non-hydrogen) atoms. The van der Waals surface area contributed by atoms with Crippen LogP contribution in [0.1, 0.15) is 5.56 Å². The minimum absolute atomic E-state index is 0.137. The number of carboxylic acids is 2. The number of nitrogens with one attached hydrogen (secondary N) is 1. The van der Waals surface area contributed by atoms with E-state index in [1.54, 1.807) is 0 Å². The summed E-state index contributed by atoms with van der Waals surface area (Å²) in [5.41, 5.74) is 0.0267. The van der Waals surface area contributed by atoms with Gasteiger partial charge < -0.3 is 15.5 Å². The number of aryl methyl sites for hydroxylation is 1. The molecule has 3 N–H and O–H groups in total. The first-order chi connectivity index (χ1) is 8.81. The van der Waals surface area contributed by atoms with Gasteiger partial charge in [-0.3, -0.25) is 10.1 Å². The van der Waals surface area contributed by atoms with E-state index >= 15 is 0 Å². The van der Waals surface area contributed by atoms with E-state index in [4.69, 9.17) is 10.2 Å². The van der Waals surface area contributed by atoms with Crippen LogP contribution in [-0.4, -0.2) is 27.1 Å². The zero-order valence-electron chi connectivity index (χ0n) is 9.78. The molecule has 0 spiro atoms. The summed E-state index contributed by atoms with van der Waals surface area (Å²) in [4.78, 5) is 31.2. The normalized spacial score (nSPS) is 10.9. The van der Waals surface area contributed by atoms with E-state index in [9.17, 15) is 19.7 Å². The molecule has 0 heterocycles. The molecule has 0 saturated carbocycles. The summed E-state index contributed by atoms with van der Waals surface area (Å²) in [7, 11) is 0. The molecule has 1 aromatic carbocycles. The average Bonchev–Trinajstić information content (AvgIpc) is 2.29. The third-order valence-corrected chi connectivity index (χ3v) is 2.19. The number of aliphatic carboxylic acids is 2. The van der Waals surface area contributed by atoms with Crippen LogP contribution in [0.3, 0.4) is 0 Å². The quantitative estimate of drug-likeness (QED) is 0.416. The first kappa shape index (κ1) is 14.2. The summed E-state index contributed by atoms with van der Waals surface area (Å²) in [6, 6.07) is 3.75. The highest BCUT2D eigenvalue weighted by atomic mass is 16.6. The number of non-ortho nitro benzene ring substituents is 1. The first-order valence-corrected chi connectivity index (χ1v) is 5.01. The standard InChI is InChI=1S/C11H10N2O6/c1-6-4-7(13(18)19)2-3-8(6)12-9(11(16)17)5-10(14)15/h2-5,12H,1H3,(H,14,15)(H,16,17)/b9-5-. The Morgan fingerprint density at radius 3 is 2.42 bits per heavy atom. The number of hydrogen-bond acceptors (Lipinski definition) is 5. The topological polar surface area (TPSA) is 130 Å². The van der Waals surface area contributed by atoms with Crippen LogP contribution in [0.4, 0.5) is 11.4 Å². The maximum atomic E-state index is 10.8. The summed E-state index contributed by atoms with van der Waals surface area (Å²) in [5, 5.41) is 30.3. The number of nitro benzene ring substituents is 1. The van der Waals surface area contributed by atoms with Gasteiger partial charge in [0.05, 0.1) is 11.0 Å². The van der Waals surface area contributed by atoms with Crippen molar-refractivity contribution in [2.75, 3.05) is 5.32 Å². The summed E-state index contributed by atoms with van der Waals surface area (Å²) >= 11 is 0. The highest BCUT2D eigenvalue weighted by molar-refractivity contribution is 5.97. The smallest absolute Gasteiger partial charge is 0.352 e. The molecular formula is C11H10N2O6. The molecule has 100 valence electrons. The third kappa shape index (κ3) is 3.80. The Labute approximate surface area is 107 Å². The lowest BCUT2D eigenvalue weighted by atomic mass is 10.1. The number of carbonyl (C=O) groups is 2. The summed E-state index contributed by atoms with van der Waals surface area (Å²) in [5.74, 6) is -2.86. The number of nitro groups is 1. The van der Waals surface area contributed by atoms with Gasteiger partial charge >= 0.3 is 11.9 Å². The van der Waals surface area contributed by atoms with Gasteiger partial charge in [-0.25, -0.2) is 9.59 Å². The second-order valence-corrected chi connectivity index (χ2v) is 3.58. The summed E-state index contributed by atoms with van der Waals surface area (Å²) in [6.07, 6.45) is 0.503. The van der Waals surface area contributed by atoms with Gasteiger partial charge in [-0.2, -0.15) is 0 Å². The minimum Gasteiger partial charge on any atom is -0.478 e. The molecular weight excluding hydrogens is 256 g/mol. The van der Waals surface area contributed by atoms with Crippen molar-refractivity contribution in [1.82, 2.24) is 0 Å². The largest absolute Gasteiger partial charge is 0.478 e. The molecule has 8 nitrogen and oxygen atoms in total. The molecule has 0 amide bonds.